The third-order valence-electron chi connectivity index (χ3n) is 9.49. The first-order chi connectivity index (χ1) is 21.3. The standard InChI is InChI=1S/C33H38N2O9/c1-17(36)43-31-27(44-32(37)18-12-25(39-2)30(41-4)26(13-18)40-3)14-19-16-35-11-10-21-20-8-6-7-9-23(20)34-29(21)24(35)15-22(19)28(31)33(38)42-5/h6-9,12-13,19,22,24,27-28,31,34H,10-11,14-16H2,1-5H3/t19-,22+,24-,27-,28+,31+/m1/s1. The van der Waals surface area contributed by atoms with E-state index in [9.17, 15) is 14.4 Å². The van der Waals surface area contributed by atoms with Gasteiger partial charge < -0.3 is 33.4 Å². The Labute approximate surface area is 255 Å². The van der Waals surface area contributed by atoms with Gasteiger partial charge in [-0.25, -0.2) is 4.79 Å². The number of hydrogen-bond acceptors (Lipinski definition) is 10. The van der Waals surface area contributed by atoms with Crippen LogP contribution in [0.3, 0.4) is 0 Å². The third kappa shape index (κ3) is 5.12. The second-order valence-electron chi connectivity index (χ2n) is 11.7. The number of carbonyl (C=O) groups excluding carboxylic acids is 3. The number of esters is 3. The number of nitrogens with one attached hydrogen (secondary N) is 1. The number of carbonyl (C=O) groups is 3. The second-order valence-corrected chi connectivity index (χ2v) is 11.7. The number of fused-ring (bicyclic) bond motifs is 6. The SMILES string of the molecule is COC(=O)[C@H]1[C@H]2C[C@@H]3c4[nH]c5ccccc5c4CCN3C[C@H]2C[C@@H](OC(=O)c2cc(OC)c(OC)c(OC)c2)[C@@H]1OC(C)=O. The van der Waals surface area contributed by atoms with E-state index in [0.29, 0.717) is 36.6 Å². The van der Waals surface area contributed by atoms with Crippen LogP contribution in [0.2, 0.25) is 0 Å². The number of methoxy groups -OCH3 is 4. The highest BCUT2D eigenvalue weighted by atomic mass is 16.6. The Balaban J connectivity index is 1.33. The first-order valence-electron chi connectivity index (χ1n) is 14.9. The van der Waals surface area contributed by atoms with Crippen LogP contribution in [-0.2, 0) is 30.2 Å². The predicted molar refractivity (Wildman–Crippen MR) is 159 cm³/mol. The Morgan fingerprint density at radius 1 is 0.932 bits per heavy atom. The molecule has 11 nitrogen and oxygen atoms in total. The average Bonchev–Trinajstić information content (AvgIpc) is 3.42. The number of hydrogen-bond donors (Lipinski definition) is 1. The predicted octanol–water partition coefficient (Wildman–Crippen LogP) is 4.08. The number of para-hydroxylation sites is 1. The minimum Gasteiger partial charge on any atom is -0.493 e. The molecule has 11 heteroatoms. The molecule has 3 aliphatic rings. The highest BCUT2D eigenvalue weighted by Gasteiger charge is 2.55. The van der Waals surface area contributed by atoms with Gasteiger partial charge in [0.05, 0.1) is 40.0 Å². The Morgan fingerprint density at radius 3 is 2.32 bits per heavy atom. The van der Waals surface area contributed by atoms with E-state index in [2.05, 4.69) is 28.1 Å². The number of ether oxygens (including phenoxy) is 6. The topological polar surface area (TPSA) is 126 Å². The van der Waals surface area contributed by atoms with E-state index < -0.39 is 36.0 Å². The van der Waals surface area contributed by atoms with Crippen LogP contribution >= 0.6 is 0 Å². The van der Waals surface area contributed by atoms with Crippen molar-refractivity contribution in [2.45, 2.75) is 44.4 Å². The molecule has 234 valence electrons. The number of benzene rings is 2. The van der Waals surface area contributed by atoms with Crippen LogP contribution in [0.15, 0.2) is 36.4 Å². The summed E-state index contributed by atoms with van der Waals surface area (Å²) in [5.74, 6) is -1.73. The van der Waals surface area contributed by atoms with E-state index in [0.717, 1.165) is 18.5 Å². The van der Waals surface area contributed by atoms with Crippen LogP contribution in [0.25, 0.3) is 10.9 Å². The van der Waals surface area contributed by atoms with Gasteiger partial charge in [-0.3, -0.25) is 14.5 Å². The third-order valence-corrected chi connectivity index (χ3v) is 9.49. The molecule has 44 heavy (non-hydrogen) atoms. The summed E-state index contributed by atoms with van der Waals surface area (Å²) in [5.41, 5.74) is 3.77. The molecule has 2 fully saturated rings. The van der Waals surface area contributed by atoms with E-state index in [4.69, 9.17) is 28.4 Å². The molecule has 2 aromatic carbocycles. The molecule has 3 heterocycles. The highest BCUT2D eigenvalue weighted by molar-refractivity contribution is 5.91. The maximum absolute atomic E-state index is 13.6. The number of aromatic nitrogens is 1. The van der Waals surface area contributed by atoms with Crippen LogP contribution in [0.4, 0.5) is 0 Å². The molecule has 6 rings (SSSR count). The Hall–Kier alpha value is -4.25. The van der Waals surface area contributed by atoms with Gasteiger partial charge in [-0.15, -0.1) is 0 Å². The quantitative estimate of drug-likeness (QED) is 0.311. The average molecular weight is 607 g/mol. The van der Waals surface area contributed by atoms with Gasteiger partial charge in [-0.2, -0.15) is 0 Å². The fourth-order valence-corrected chi connectivity index (χ4v) is 7.64. The molecular weight excluding hydrogens is 568 g/mol. The molecule has 0 spiro atoms. The number of rotatable bonds is 7. The summed E-state index contributed by atoms with van der Waals surface area (Å²) in [6.07, 6.45) is 0.138. The summed E-state index contributed by atoms with van der Waals surface area (Å²) in [6.45, 7) is 2.89. The minimum absolute atomic E-state index is 0.00539. The molecule has 0 bridgehead atoms. The molecule has 3 aromatic rings. The summed E-state index contributed by atoms with van der Waals surface area (Å²) in [4.78, 5) is 45.6. The molecule has 1 saturated carbocycles. The highest BCUT2D eigenvalue weighted by Crippen LogP contribution is 2.51. The molecule has 6 atom stereocenters. The van der Waals surface area contributed by atoms with Crippen molar-refractivity contribution in [3.63, 3.8) is 0 Å². The van der Waals surface area contributed by atoms with Crippen LogP contribution in [0.5, 0.6) is 17.2 Å². The van der Waals surface area contributed by atoms with Gasteiger partial charge in [0.15, 0.2) is 17.6 Å². The first kappa shape index (κ1) is 29.8. The van der Waals surface area contributed by atoms with Crippen LogP contribution < -0.4 is 14.2 Å². The van der Waals surface area contributed by atoms with Gasteiger partial charge in [-0.1, -0.05) is 18.2 Å². The lowest BCUT2D eigenvalue weighted by Crippen LogP contribution is -2.58. The van der Waals surface area contributed by atoms with Crippen molar-refractivity contribution in [1.82, 2.24) is 9.88 Å². The monoisotopic (exact) mass is 606 g/mol. The molecule has 1 aromatic heterocycles. The molecule has 0 unspecified atom stereocenters. The van der Waals surface area contributed by atoms with Crippen LogP contribution in [-0.4, -0.2) is 81.5 Å². The number of nitrogens with zero attached hydrogens (tertiary/aromatic N) is 1. The van der Waals surface area contributed by atoms with Gasteiger partial charge >= 0.3 is 17.9 Å². The van der Waals surface area contributed by atoms with Gasteiger partial charge in [-0.05, 0) is 54.9 Å². The van der Waals surface area contributed by atoms with Gasteiger partial charge in [0, 0.05) is 36.6 Å². The van der Waals surface area contributed by atoms with Crippen molar-refractivity contribution in [2.24, 2.45) is 17.8 Å². The largest absolute Gasteiger partial charge is 0.493 e. The van der Waals surface area contributed by atoms with E-state index in [1.165, 1.54) is 64.1 Å². The van der Waals surface area contributed by atoms with Gasteiger partial charge in [0.1, 0.15) is 12.0 Å². The lowest BCUT2D eigenvalue weighted by atomic mass is 9.63. The molecule has 0 amide bonds. The van der Waals surface area contributed by atoms with Crippen molar-refractivity contribution < 1.29 is 42.8 Å². The lowest BCUT2D eigenvalue weighted by molar-refractivity contribution is -0.186. The molecule has 1 saturated heterocycles. The number of aromatic amines is 1. The summed E-state index contributed by atoms with van der Waals surface area (Å²) >= 11 is 0. The van der Waals surface area contributed by atoms with E-state index in [1.807, 2.05) is 6.07 Å². The zero-order valence-corrected chi connectivity index (χ0v) is 25.6. The van der Waals surface area contributed by atoms with Crippen molar-refractivity contribution in [3.05, 3.63) is 53.2 Å². The van der Waals surface area contributed by atoms with E-state index in [1.54, 1.807) is 0 Å². The molecule has 1 aliphatic carbocycles. The summed E-state index contributed by atoms with van der Waals surface area (Å²) in [7, 11) is 5.73. The Kier molecular flexibility index (Phi) is 8.15. The van der Waals surface area contributed by atoms with Crippen LogP contribution in [0.1, 0.15) is 47.4 Å². The number of H-pyrrole nitrogens is 1. The molecule has 0 radical (unpaired) electrons. The maximum atomic E-state index is 13.6. The fourth-order valence-electron chi connectivity index (χ4n) is 7.64. The maximum Gasteiger partial charge on any atom is 0.338 e. The van der Waals surface area contributed by atoms with E-state index >= 15 is 0 Å². The normalized spacial score (nSPS) is 26.0. The van der Waals surface area contributed by atoms with Crippen molar-refractivity contribution in [3.8, 4) is 17.2 Å². The summed E-state index contributed by atoms with van der Waals surface area (Å²) in [6, 6.07) is 11.4. The van der Waals surface area contributed by atoms with E-state index in [-0.39, 0.29) is 23.4 Å². The van der Waals surface area contributed by atoms with Crippen molar-refractivity contribution in [1.29, 1.82) is 0 Å². The minimum atomic E-state index is -1.01. The molecule has 1 N–H and O–H groups in total. The van der Waals surface area contributed by atoms with Crippen molar-refractivity contribution in [2.75, 3.05) is 41.5 Å². The second kappa shape index (κ2) is 12.0. The van der Waals surface area contributed by atoms with Crippen LogP contribution in [0, 0.1) is 17.8 Å². The zero-order chi connectivity index (χ0) is 31.1. The Morgan fingerprint density at radius 2 is 1.66 bits per heavy atom. The first-order valence-corrected chi connectivity index (χ1v) is 14.9. The summed E-state index contributed by atoms with van der Waals surface area (Å²) in [5, 5.41) is 1.23. The number of piperidine rings is 1. The molecule has 2 aliphatic heterocycles. The van der Waals surface area contributed by atoms with Gasteiger partial charge in [0.2, 0.25) is 5.75 Å². The Bertz CT molecular complexity index is 1560. The van der Waals surface area contributed by atoms with Gasteiger partial charge in [0.25, 0.3) is 0 Å². The lowest BCUT2D eigenvalue weighted by Gasteiger charge is -2.52. The smallest absolute Gasteiger partial charge is 0.338 e. The fraction of sp³-hybridized carbons (Fsp3) is 0.485. The molecular formula is C33H38N2O9. The zero-order valence-electron chi connectivity index (χ0n) is 25.6. The summed E-state index contributed by atoms with van der Waals surface area (Å²) < 4.78 is 33.4. The van der Waals surface area contributed by atoms with Crippen molar-refractivity contribution >= 4 is 28.8 Å².